The maximum Gasteiger partial charge on any atom is 0.409 e. The van der Waals surface area contributed by atoms with Crippen molar-refractivity contribution >= 4 is 17.6 Å². The molecule has 1 fully saturated rings. The first-order chi connectivity index (χ1) is 14.2. The number of nitrogens with one attached hydrogen (secondary N) is 1. The fraction of sp³-hybridized carbons (Fsp3) is 0.273. The van der Waals surface area contributed by atoms with Crippen molar-refractivity contribution in [2.24, 2.45) is 0 Å². The summed E-state index contributed by atoms with van der Waals surface area (Å²) in [5.41, 5.74) is 4.04. The fourth-order valence-corrected chi connectivity index (χ4v) is 3.17. The molecule has 0 spiro atoms. The third-order valence-electron chi connectivity index (χ3n) is 4.82. The lowest BCUT2D eigenvalue weighted by Crippen LogP contribution is -2.26. The summed E-state index contributed by atoms with van der Waals surface area (Å²) < 4.78 is 4.96. The molecular weight excluding hydrogens is 366 g/mol. The van der Waals surface area contributed by atoms with Crippen LogP contribution in [0.5, 0.6) is 0 Å². The zero-order chi connectivity index (χ0) is 20.1. The second-order valence-corrected chi connectivity index (χ2v) is 6.83. The van der Waals surface area contributed by atoms with Crippen LogP contribution < -0.4 is 5.32 Å². The topological polar surface area (TPSA) is 80.2 Å². The molecule has 1 saturated heterocycles. The molecular formula is C22H23N5O2. The number of hydrogen-bond acceptors (Lipinski definition) is 6. The van der Waals surface area contributed by atoms with E-state index in [4.69, 9.17) is 4.74 Å². The van der Waals surface area contributed by atoms with Crippen LogP contribution in [0.25, 0.3) is 11.4 Å². The smallest absolute Gasteiger partial charge is 0.409 e. The predicted octanol–water partition coefficient (Wildman–Crippen LogP) is 3.84. The standard InChI is InChI=1S/C22H23N5O2/c1-2-18-15-20(26-21(25-18)17-7-10-23-11-8-17)24-19-5-3-16(4-6-19)9-12-27-13-14-29-22(27)28/h3-8,10-11,15H,2,9,12-14H2,1H3,(H,24,25,26). The number of hydrogen-bond donors (Lipinski definition) is 1. The average Bonchev–Trinajstić information content (AvgIpc) is 3.18. The minimum absolute atomic E-state index is 0.219. The van der Waals surface area contributed by atoms with Gasteiger partial charge in [0.25, 0.3) is 0 Å². The molecule has 4 rings (SSSR count). The number of pyridine rings is 1. The summed E-state index contributed by atoms with van der Waals surface area (Å²) in [6, 6.07) is 14.0. The van der Waals surface area contributed by atoms with E-state index in [1.54, 1.807) is 17.3 Å². The summed E-state index contributed by atoms with van der Waals surface area (Å²) in [4.78, 5) is 26.6. The van der Waals surface area contributed by atoms with Crippen molar-refractivity contribution in [3.05, 3.63) is 66.1 Å². The van der Waals surface area contributed by atoms with Gasteiger partial charge in [-0.2, -0.15) is 0 Å². The van der Waals surface area contributed by atoms with Crippen LogP contribution in [0, 0.1) is 0 Å². The number of anilines is 2. The van der Waals surface area contributed by atoms with Crippen LogP contribution >= 0.6 is 0 Å². The van der Waals surface area contributed by atoms with Gasteiger partial charge in [0, 0.05) is 41.9 Å². The van der Waals surface area contributed by atoms with Crippen molar-refractivity contribution in [3.63, 3.8) is 0 Å². The maximum absolute atomic E-state index is 11.5. The van der Waals surface area contributed by atoms with Crippen LogP contribution in [0.4, 0.5) is 16.3 Å². The molecule has 3 heterocycles. The van der Waals surface area contributed by atoms with E-state index in [0.717, 1.165) is 35.6 Å². The van der Waals surface area contributed by atoms with E-state index in [9.17, 15) is 4.79 Å². The van der Waals surface area contributed by atoms with Crippen molar-refractivity contribution in [2.45, 2.75) is 19.8 Å². The molecule has 1 N–H and O–H groups in total. The summed E-state index contributed by atoms with van der Waals surface area (Å²) in [5.74, 6) is 1.44. The van der Waals surface area contributed by atoms with Crippen LogP contribution in [-0.2, 0) is 17.6 Å². The molecule has 1 aliphatic rings. The third kappa shape index (κ3) is 4.68. The highest BCUT2D eigenvalue weighted by Gasteiger charge is 2.20. The first-order valence-corrected chi connectivity index (χ1v) is 9.77. The first kappa shape index (κ1) is 18.9. The predicted molar refractivity (Wildman–Crippen MR) is 111 cm³/mol. The van der Waals surface area contributed by atoms with Crippen LogP contribution in [0.3, 0.4) is 0 Å². The summed E-state index contributed by atoms with van der Waals surface area (Å²) in [6.07, 6.45) is 4.89. The molecule has 7 nitrogen and oxygen atoms in total. The Labute approximate surface area is 169 Å². The number of amides is 1. The number of aromatic nitrogens is 3. The number of carbonyl (C=O) groups excluding carboxylic acids is 1. The molecule has 0 bridgehead atoms. The molecule has 0 atom stereocenters. The monoisotopic (exact) mass is 389 g/mol. The van der Waals surface area contributed by atoms with Crippen molar-refractivity contribution in [1.29, 1.82) is 0 Å². The van der Waals surface area contributed by atoms with Crippen molar-refractivity contribution < 1.29 is 9.53 Å². The van der Waals surface area contributed by atoms with Gasteiger partial charge >= 0.3 is 6.09 Å². The molecule has 3 aromatic rings. The summed E-state index contributed by atoms with van der Waals surface area (Å²) in [5, 5.41) is 3.37. The Morgan fingerprint density at radius 1 is 1.10 bits per heavy atom. The zero-order valence-corrected chi connectivity index (χ0v) is 16.3. The van der Waals surface area contributed by atoms with Crippen LogP contribution in [0.15, 0.2) is 54.9 Å². The molecule has 2 aromatic heterocycles. The Kier molecular flexibility index (Phi) is 5.65. The van der Waals surface area contributed by atoms with Crippen molar-refractivity contribution in [3.8, 4) is 11.4 Å². The highest BCUT2D eigenvalue weighted by atomic mass is 16.6. The Morgan fingerprint density at radius 3 is 2.59 bits per heavy atom. The fourth-order valence-electron chi connectivity index (χ4n) is 3.17. The Hall–Kier alpha value is -3.48. The number of rotatable bonds is 7. The number of benzene rings is 1. The summed E-state index contributed by atoms with van der Waals surface area (Å²) >= 11 is 0. The van der Waals surface area contributed by atoms with E-state index in [1.807, 2.05) is 30.3 Å². The van der Waals surface area contributed by atoms with Crippen LogP contribution in [0.1, 0.15) is 18.2 Å². The molecule has 7 heteroatoms. The molecule has 0 saturated carbocycles. The Balaban J connectivity index is 1.45. The van der Waals surface area contributed by atoms with Gasteiger partial charge in [0.15, 0.2) is 5.82 Å². The van der Waals surface area contributed by atoms with E-state index in [0.29, 0.717) is 25.5 Å². The van der Waals surface area contributed by atoms with Gasteiger partial charge in [-0.1, -0.05) is 19.1 Å². The van der Waals surface area contributed by atoms with E-state index in [2.05, 4.69) is 39.3 Å². The quantitative estimate of drug-likeness (QED) is 0.661. The molecule has 148 valence electrons. The normalized spacial score (nSPS) is 13.4. The van der Waals surface area contributed by atoms with E-state index < -0.39 is 0 Å². The molecule has 1 aliphatic heterocycles. The van der Waals surface area contributed by atoms with Gasteiger partial charge in [-0.05, 0) is 42.7 Å². The van der Waals surface area contributed by atoms with E-state index >= 15 is 0 Å². The number of ether oxygens (including phenoxy) is 1. The number of nitrogens with zero attached hydrogens (tertiary/aromatic N) is 4. The van der Waals surface area contributed by atoms with Gasteiger partial charge < -0.3 is 15.0 Å². The zero-order valence-electron chi connectivity index (χ0n) is 16.3. The molecule has 29 heavy (non-hydrogen) atoms. The van der Waals surface area contributed by atoms with Crippen molar-refractivity contribution in [2.75, 3.05) is 25.0 Å². The van der Waals surface area contributed by atoms with Gasteiger partial charge in [-0.25, -0.2) is 14.8 Å². The van der Waals surface area contributed by atoms with Gasteiger partial charge in [-0.3, -0.25) is 4.98 Å². The van der Waals surface area contributed by atoms with Crippen LogP contribution in [-0.4, -0.2) is 45.6 Å². The van der Waals surface area contributed by atoms with Crippen molar-refractivity contribution in [1.82, 2.24) is 19.9 Å². The van der Waals surface area contributed by atoms with E-state index in [1.165, 1.54) is 5.56 Å². The minimum atomic E-state index is -0.219. The van der Waals surface area contributed by atoms with Gasteiger partial charge in [-0.15, -0.1) is 0 Å². The van der Waals surface area contributed by atoms with Gasteiger partial charge in [0.2, 0.25) is 0 Å². The maximum atomic E-state index is 11.5. The Bertz CT molecular complexity index is 976. The van der Waals surface area contributed by atoms with Crippen LogP contribution in [0.2, 0.25) is 0 Å². The average molecular weight is 389 g/mol. The Morgan fingerprint density at radius 2 is 1.90 bits per heavy atom. The second-order valence-electron chi connectivity index (χ2n) is 6.83. The summed E-state index contributed by atoms with van der Waals surface area (Å²) in [7, 11) is 0. The number of aryl methyl sites for hydroxylation is 1. The molecule has 0 aliphatic carbocycles. The largest absolute Gasteiger partial charge is 0.448 e. The van der Waals surface area contributed by atoms with E-state index in [-0.39, 0.29) is 6.09 Å². The highest BCUT2D eigenvalue weighted by Crippen LogP contribution is 2.21. The molecule has 0 radical (unpaired) electrons. The minimum Gasteiger partial charge on any atom is -0.448 e. The lowest BCUT2D eigenvalue weighted by molar-refractivity contribution is 0.159. The highest BCUT2D eigenvalue weighted by molar-refractivity contribution is 5.69. The summed E-state index contributed by atoms with van der Waals surface area (Å²) in [6.45, 7) is 3.91. The van der Waals surface area contributed by atoms with Gasteiger partial charge in [0.1, 0.15) is 12.4 Å². The molecule has 1 aromatic carbocycles. The molecule has 0 unspecified atom stereocenters. The third-order valence-corrected chi connectivity index (χ3v) is 4.82. The lowest BCUT2D eigenvalue weighted by atomic mass is 10.1. The number of carbonyl (C=O) groups is 1. The first-order valence-electron chi connectivity index (χ1n) is 9.77. The molecule has 1 amide bonds. The number of cyclic esters (lactones) is 1. The van der Waals surface area contributed by atoms with Gasteiger partial charge in [0.05, 0.1) is 6.54 Å². The SMILES string of the molecule is CCc1cc(Nc2ccc(CCN3CCOC3=O)cc2)nc(-c2ccncc2)n1. The second kappa shape index (κ2) is 8.68. The lowest BCUT2D eigenvalue weighted by Gasteiger charge is -2.13.